The van der Waals surface area contributed by atoms with Crippen molar-refractivity contribution >= 4 is 21.9 Å². The number of rotatable bonds is 4. The van der Waals surface area contributed by atoms with Crippen molar-refractivity contribution in [1.82, 2.24) is 4.98 Å². The van der Waals surface area contributed by atoms with E-state index in [1.165, 1.54) is 6.07 Å². The first kappa shape index (κ1) is 14.0. The highest BCUT2D eigenvalue weighted by Gasteiger charge is 2.20. The summed E-state index contributed by atoms with van der Waals surface area (Å²) in [6.45, 7) is 1.73. The van der Waals surface area contributed by atoms with Crippen LogP contribution in [0.1, 0.15) is 35.1 Å². The van der Waals surface area contributed by atoms with E-state index in [-0.39, 0.29) is 28.9 Å². The Balaban J connectivity index is 3.23. The van der Waals surface area contributed by atoms with Gasteiger partial charge in [0.05, 0.1) is 17.9 Å². The highest BCUT2D eigenvalue weighted by atomic mass is 79.9. The van der Waals surface area contributed by atoms with E-state index in [1.807, 2.05) is 0 Å². The number of alkyl halides is 2. The van der Waals surface area contributed by atoms with E-state index in [0.29, 0.717) is 0 Å². The van der Waals surface area contributed by atoms with Crippen molar-refractivity contribution in [2.75, 3.05) is 6.61 Å². The molecule has 0 spiro atoms. The molecule has 0 aliphatic carbocycles. The lowest BCUT2D eigenvalue weighted by molar-refractivity contribution is 0.0523. The minimum absolute atomic E-state index is 0.0627. The molecule has 7 heteroatoms. The zero-order chi connectivity index (χ0) is 13.0. The molecule has 0 bridgehead atoms. The van der Waals surface area contributed by atoms with Crippen LogP contribution in [0.25, 0.3) is 0 Å². The highest BCUT2D eigenvalue weighted by molar-refractivity contribution is 9.10. The van der Waals surface area contributed by atoms with E-state index in [1.54, 1.807) is 6.92 Å². The largest absolute Gasteiger partial charge is 0.462 e. The molecule has 1 heterocycles. The first-order valence-corrected chi connectivity index (χ1v) is 5.65. The molecule has 17 heavy (non-hydrogen) atoms. The molecule has 0 saturated carbocycles. The molecule has 0 atom stereocenters. The summed E-state index contributed by atoms with van der Waals surface area (Å²) in [5, 5.41) is 0. The van der Waals surface area contributed by atoms with Gasteiger partial charge < -0.3 is 10.5 Å². The van der Waals surface area contributed by atoms with Crippen LogP contribution in [0, 0.1) is 0 Å². The fourth-order valence-electron chi connectivity index (χ4n) is 1.24. The van der Waals surface area contributed by atoms with Crippen molar-refractivity contribution in [3.05, 3.63) is 27.5 Å². The van der Waals surface area contributed by atoms with Crippen LogP contribution in [0.3, 0.4) is 0 Å². The van der Waals surface area contributed by atoms with Gasteiger partial charge in [-0.1, -0.05) is 0 Å². The number of nitrogens with zero attached hydrogens (tertiary/aromatic N) is 1. The molecule has 4 nitrogen and oxygen atoms in total. The smallest absolute Gasteiger partial charge is 0.340 e. The molecule has 0 amide bonds. The lowest BCUT2D eigenvalue weighted by Gasteiger charge is -2.10. The topological polar surface area (TPSA) is 65.2 Å². The Kier molecular flexibility index (Phi) is 4.95. The fraction of sp³-hybridized carbons (Fsp3) is 0.400. The number of hydrogen-bond acceptors (Lipinski definition) is 4. The molecule has 94 valence electrons. The van der Waals surface area contributed by atoms with Gasteiger partial charge in [0.25, 0.3) is 6.43 Å². The number of esters is 1. The minimum Gasteiger partial charge on any atom is -0.462 e. The standard InChI is InChI=1S/C10H11BrF2N2O2/c1-2-17-10(16)5-3-6(11)8(9(12)13)15-7(5)4-14/h3,9H,2,4,14H2,1H3. The number of halogens is 3. The SMILES string of the molecule is CCOC(=O)c1cc(Br)c(C(F)F)nc1CN. The van der Waals surface area contributed by atoms with Gasteiger partial charge in [-0.05, 0) is 28.9 Å². The van der Waals surface area contributed by atoms with E-state index in [0.717, 1.165) is 0 Å². The number of carbonyl (C=O) groups excluding carboxylic acids is 1. The zero-order valence-corrected chi connectivity index (χ0v) is 10.6. The van der Waals surface area contributed by atoms with Gasteiger partial charge in [-0.2, -0.15) is 0 Å². The predicted octanol–water partition coefficient (Wildman–Crippen LogP) is 2.42. The molecule has 0 saturated heterocycles. The number of hydrogen-bond donors (Lipinski definition) is 1. The first-order chi connectivity index (χ1) is 8.01. The molecule has 1 aromatic rings. The molecule has 0 fully saturated rings. The van der Waals surface area contributed by atoms with Gasteiger partial charge in [0.1, 0.15) is 5.69 Å². The van der Waals surface area contributed by atoms with Crippen LogP contribution >= 0.6 is 15.9 Å². The summed E-state index contributed by atoms with van der Waals surface area (Å²) in [6, 6.07) is 1.26. The normalized spacial score (nSPS) is 10.7. The molecular weight excluding hydrogens is 298 g/mol. The predicted molar refractivity (Wildman–Crippen MR) is 60.7 cm³/mol. The average Bonchev–Trinajstić information content (AvgIpc) is 2.28. The van der Waals surface area contributed by atoms with Gasteiger partial charge in [0.2, 0.25) is 0 Å². The summed E-state index contributed by atoms with van der Waals surface area (Å²) < 4.78 is 30.0. The molecule has 0 aliphatic rings. The highest BCUT2D eigenvalue weighted by Crippen LogP contribution is 2.27. The number of aromatic nitrogens is 1. The molecule has 0 unspecified atom stereocenters. The van der Waals surface area contributed by atoms with Crippen molar-refractivity contribution in [1.29, 1.82) is 0 Å². The van der Waals surface area contributed by atoms with E-state index in [2.05, 4.69) is 20.9 Å². The second kappa shape index (κ2) is 6.02. The monoisotopic (exact) mass is 308 g/mol. The number of nitrogens with two attached hydrogens (primary N) is 1. The van der Waals surface area contributed by atoms with Gasteiger partial charge in [-0.15, -0.1) is 0 Å². The van der Waals surface area contributed by atoms with Crippen molar-refractivity contribution in [3.63, 3.8) is 0 Å². The Morgan fingerprint density at radius 1 is 1.65 bits per heavy atom. The quantitative estimate of drug-likeness (QED) is 0.868. The average molecular weight is 309 g/mol. The second-order valence-electron chi connectivity index (χ2n) is 3.07. The van der Waals surface area contributed by atoms with Crippen LogP contribution in [-0.2, 0) is 11.3 Å². The van der Waals surface area contributed by atoms with E-state index < -0.39 is 18.1 Å². The van der Waals surface area contributed by atoms with Crippen LogP contribution in [-0.4, -0.2) is 17.6 Å². The van der Waals surface area contributed by atoms with Crippen LogP contribution in [0.4, 0.5) is 8.78 Å². The van der Waals surface area contributed by atoms with Gasteiger partial charge in [0, 0.05) is 11.0 Å². The lowest BCUT2D eigenvalue weighted by Crippen LogP contribution is -2.14. The summed E-state index contributed by atoms with van der Waals surface area (Å²) in [7, 11) is 0. The maximum absolute atomic E-state index is 12.6. The molecule has 1 aromatic heterocycles. The van der Waals surface area contributed by atoms with Crippen molar-refractivity contribution in [2.45, 2.75) is 19.9 Å². The minimum atomic E-state index is -2.73. The van der Waals surface area contributed by atoms with Crippen LogP contribution < -0.4 is 5.73 Å². The summed E-state index contributed by atoms with van der Waals surface area (Å²) in [5.74, 6) is -0.623. The van der Waals surface area contributed by atoms with Gasteiger partial charge in [-0.3, -0.25) is 0 Å². The summed E-state index contributed by atoms with van der Waals surface area (Å²) in [4.78, 5) is 15.2. The summed E-state index contributed by atoms with van der Waals surface area (Å²) in [5.41, 5.74) is 5.14. The molecule has 0 aromatic carbocycles. The molecule has 1 rings (SSSR count). The fourth-order valence-corrected chi connectivity index (χ4v) is 1.73. The lowest BCUT2D eigenvalue weighted by atomic mass is 10.1. The maximum atomic E-state index is 12.6. The zero-order valence-electron chi connectivity index (χ0n) is 9.04. The van der Waals surface area contributed by atoms with Crippen molar-refractivity contribution in [2.24, 2.45) is 5.73 Å². The van der Waals surface area contributed by atoms with E-state index in [9.17, 15) is 13.6 Å². The van der Waals surface area contributed by atoms with Crippen LogP contribution in [0.5, 0.6) is 0 Å². The molecule has 0 aliphatic heterocycles. The maximum Gasteiger partial charge on any atom is 0.340 e. The number of pyridine rings is 1. The first-order valence-electron chi connectivity index (χ1n) is 4.85. The number of ether oxygens (including phenoxy) is 1. The Morgan fingerprint density at radius 3 is 2.76 bits per heavy atom. The molecule has 2 N–H and O–H groups in total. The third-order valence-electron chi connectivity index (χ3n) is 1.98. The Hall–Kier alpha value is -1.08. The summed E-state index contributed by atoms with van der Waals surface area (Å²) in [6.07, 6.45) is -2.73. The summed E-state index contributed by atoms with van der Waals surface area (Å²) >= 11 is 2.94. The Bertz CT molecular complexity index is 427. The van der Waals surface area contributed by atoms with E-state index >= 15 is 0 Å². The van der Waals surface area contributed by atoms with Crippen LogP contribution in [0.2, 0.25) is 0 Å². The van der Waals surface area contributed by atoms with E-state index in [4.69, 9.17) is 10.5 Å². The van der Waals surface area contributed by atoms with Gasteiger partial charge in [-0.25, -0.2) is 18.6 Å². The Labute approximate surface area is 105 Å². The van der Waals surface area contributed by atoms with Crippen LogP contribution in [0.15, 0.2) is 10.5 Å². The molecular formula is C10H11BrF2N2O2. The third-order valence-corrected chi connectivity index (χ3v) is 2.61. The second-order valence-corrected chi connectivity index (χ2v) is 3.93. The Morgan fingerprint density at radius 2 is 2.29 bits per heavy atom. The van der Waals surface area contributed by atoms with Gasteiger partial charge in [0.15, 0.2) is 0 Å². The third kappa shape index (κ3) is 3.19. The van der Waals surface area contributed by atoms with Crippen molar-refractivity contribution < 1.29 is 18.3 Å². The molecule has 0 radical (unpaired) electrons. The number of carbonyl (C=O) groups is 1. The van der Waals surface area contributed by atoms with Gasteiger partial charge >= 0.3 is 5.97 Å². The van der Waals surface area contributed by atoms with Crippen molar-refractivity contribution in [3.8, 4) is 0 Å².